The number of hydrogen-bond donors (Lipinski definition) is 1. The van der Waals surface area contributed by atoms with E-state index in [0.717, 1.165) is 0 Å². The quantitative estimate of drug-likeness (QED) is 0.825. The molecule has 1 rings (SSSR count). The Morgan fingerprint density at radius 2 is 2.11 bits per heavy atom. The van der Waals surface area contributed by atoms with Gasteiger partial charge in [-0.1, -0.05) is 12.1 Å². The van der Waals surface area contributed by atoms with Crippen LogP contribution in [0.3, 0.4) is 0 Å². The van der Waals surface area contributed by atoms with Gasteiger partial charge < -0.3 is 14.6 Å². The standard InChI is InChI=1S/C12H12F2O4/c1-7(11(15)16)6-8-4-3-5-9(17-2)10(8)18-12(13)14/h3-6,12H,1-2H3,(H,15,16). The fourth-order valence-corrected chi connectivity index (χ4v) is 1.32. The Labute approximate surface area is 102 Å². The van der Waals surface area contributed by atoms with Crippen LogP contribution in [0.5, 0.6) is 11.5 Å². The summed E-state index contributed by atoms with van der Waals surface area (Å²) >= 11 is 0. The van der Waals surface area contributed by atoms with Gasteiger partial charge in [0.05, 0.1) is 7.11 Å². The number of carboxylic acid groups (broad SMARTS) is 1. The lowest BCUT2D eigenvalue weighted by atomic mass is 10.1. The predicted molar refractivity (Wildman–Crippen MR) is 60.9 cm³/mol. The van der Waals surface area contributed by atoms with E-state index in [2.05, 4.69) is 4.74 Å². The molecular weight excluding hydrogens is 246 g/mol. The molecule has 1 N–H and O–H groups in total. The number of ether oxygens (including phenoxy) is 2. The van der Waals surface area contributed by atoms with Gasteiger partial charge in [0.1, 0.15) is 0 Å². The summed E-state index contributed by atoms with van der Waals surface area (Å²) in [5, 5.41) is 8.75. The second-order valence-corrected chi connectivity index (χ2v) is 3.39. The molecule has 1 aromatic rings. The van der Waals surface area contributed by atoms with Crippen molar-refractivity contribution in [3.63, 3.8) is 0 Å². The van der Waals surface area contributed by atoms with E-state index in [1.807, 2.05) is 0 Å². The van der Waals surface area contributed by atoms with Crippen molar-refractivity contribution in [1.29, 1.82) is 0 Å². The van der Waals surface area contributed by atoms with Gasteiger partial charge in [0.2, 0.25) is 0 Å². The van der Waals surface area contributed by atoms with E-state index in [4.69, 9.17) is 9.84 Å². The van der Waals surface area contributed by atoms with Crippen molar-refractivity contribution in [2.24, 2.45) is 0 Å². The smallest absolute Gasteiger partial charge is 0.387 e. The molecule has 0 aliphatic heterocycles. The van der Waals surface area contributed by atoms with Crippen molar-refractivity contribution < 1.29 is 28.2 Å². The van der Waals surface area contributed by atoms with Crippen LogP contribution in [0, 0.1) is 0 Å². The number of rotatable bonds is 5. The maximum absolute atomic E-state index is 12.3. The Morgan fingerprint density at radius 1 is 1.44 bits per heavy atom. The van der Waals surface area contributed by atoms with Crippen LogP contribution in [0.1, 0.15) is 12.5 Å². The molecule has 0 fully saturated rings. The number of benzene rings is 1. The second-order valence-electron chi connectivity index (χ2n) is 3.39. The first kappa shape index (κ1) is 14.0. The minimum atomic E-state index is -3.02. The summed E-state index contributed by atoms with van der Waals surface area (Å²) in [6, 6.07) is 4.47. The zero-order valence-corrected chi connectivity index (χ0v) is 9.81. The molecule has 0 saturated heterocycles. The van der Waals surface area contributed by atoms with Crippen LogP contribution in [0.25, 0.3) is 6.08 Å². The molecule has 0 aromatic heterocycles. The molecule has 0 atom stereocenters. The van der Waals surface area contributed by atoms with Crippen LogP contribution < -0.4 is 9.47 Å². The van der Waals surface area contributed by atoms with E-state index >= 15 is 0 Å². The van der Waals surface area contributed by atoms with Crippen LogP contribution in [0.2, 0.25) is 0 Å². The number of aliphatic carboxylic acids is 1. The molecule has 0 aliphatic carbocycles. The van der Waals surface area contributed by atoms with Crippen molar-refractivity contribution in [2.75, 3.05) is 7.11 Å². The normalized spacial score (nSPS) is 11.5. The number of methoxy groups -OCH3 is 1. The lowest BCUT2D eigenvalue weighted by Crippen LogP contribution is -2.05. The fraction of sp³-hybridized carbons (Fsp3) is 0.250. The first-order valence-electron chi connectivity index (χ1n) is 4.99. The Bertz CT molecular complexity index is 469. The largest absolute Gasteiger partial charge is 0.493 e. The van der Waals surface area contributed by atoms with E-state index in [1.54, 1.807) is 6.07 Å². The van der Waals surface area contributed by atoms with Crippen molar-refractivity contribution in [3.05, 3.63) is 29.3 Å². The highest BCUT2D eigenvalue weighted by molar-refractivity contribution is 5.92. The molecular formula is C12H12F2O4. The van der Waals surface area contributed by atoms with Crippen molar-refractivity contribution in [1.82, 2.24) is 0 Å². The summed E-state index contributed by atoms with van der Waals surface area (Å²) in [6.07, 6.45) is 1.24. The third kappa shape index (κ3) is 3.44. The topological polar surface area (TPSA) is 55.8 Å². The number of para-hydroxylation sites is 1. The molecule has 0 spiro atoms. The van der Waals surface area contributed by atoms with Gasteiger partial charge in [-0.05, 0) is 19.1 Å². The molecule has 4 nitrogen and oxygen atoms in total. The summed E-state index contributed by atoms with van der Waals surface area (Å²) in [5.41, 5.74) is 0.219. The SMILES string of the molecule is COc1cccc(C=C(C)C(=O)O)c1OC(F)F. The molecule has 18 heavy (non-hydrogen) atoms. The Balaban J connectivity index is 3.25. The maximum atomic E-state index is 12.3. The third-order valence-corrected chi connectivity index (χ3v) is 2.15. The van der Waals surface area contributed by atoms with Crippen LogP contribution in [-0.2, 0) is 4.79 Å². The van der Waals surface area contributed by atoms with Gasteiger partial charge >= 0.3 is 12.6 Å². The van der Waals surface area contributed by atoms with Crippen molar-refractivity contribution >= 4 is 12.0 Å². The van der Waals surface area contributed by atoms with E-state index in [-0.39, 0.29) is 22.6 Å². The first-order valence-corrected chi connectivity index (χ1v) is 4.99. The van der Waals surface area contributed by atoms with E-state index in [0.29, 0.717) is 0 Å². The predicted octanol–water partition coefficient (Wildman–Crippen LogP) is 2.78. The van der Waals surface area contributed by atoms with Crippen molar-refractivity contribution in [2.45, 2.75) is 13.5 Å². The van der Waals surface area contributed by atoms with Gasteiger partial charge in [0, 0.05) is 11.1 Å². The average Bonchev–Trinajstić information content (AvgIpc) is 2.30. The second kappa shape index (κ2) is 6.00. The maximum Gasteiger partial charge on any atom is 0.387 e. The molecule has 0 unspecified atom stereocenters. The highest BCUT2D eigenvalue weighted by Gasteiger charge is 2.14. The van der Waals surface area contributed by atoms with Gasteiger partial charge in [0.15, 0.2) is 11.5 Å². The number of carboxylic acids is 1. The highest BCUT2D eigenvalue weighted by Crippen LogP contribution is 2.33. The Morgan fingerprint density at radius 3 is 2.61 bits per heavy atom. The lowest BCUT2D eigenvalue weighted by molar-refractivity contribution is -0.132. The minimum absolute atomic E-state index is 0.00219. The minimum Gasteiger partial charge on any atom is -0.493 e. The first-order chi connectivity index (χ1) is 8.45. The van der Waals surface area contributed by atoms with Gasteiger partial charge in [-0.2, -0.15) is 8.78 Å². The highest BCUT2D eigenvalue weighted by atomic mass is 19.3. The molecule has 0 amide bonds. The number of hydrogen-bond acceptors (Lipinski definition) is 3. The van der Waals surface area contributed by atoms with E-state index in [1.165, 1.54) is 32.2 Å². The number of alkyl halides is 2. The fourth-order valence-electron chi connectivity index (χ4n) is 1.32. The van der Waals surface area contributed by atoms with Gasteiger partial charge in [-0.15, -0.1) is 0 Å². The zero-order valence-electron chi connectivity index (χ0n) is 9.81. The summed E-state index contributed by atoms with van der Waals surface area (Å²) in [5.74, 6) is -1.21. The van der Waals surface area contributed by atoms with Gasteiger partial charge in [0.25, 0.3) is 0 Å². The van der Waals surface area contributed by atoms with E-state index in [9.17, 15) is 13.6 Å². The molecule has 0 radical (unpaired) electrons. The number of carbonyl (C=O) groups is 1. The molecule has 6 heteroatoms. The lowest BCUT2D eigenvalue weighted by Gasteiger charge is -2.12. The monoisotopic (exact) mass is 258 g/mol. The van der Waals surface area contributed by atoms with Gasteiger partial charge in [-0.25, -0.2) is 4.79 Å². The third-order valence-electron chi connectivity index (χ3n) is 2.15. The van der Waals surface area contributed by atoms with E-state index < -0.39 is 12.6 Å². The van der Waals surface area contributed by atoms with Crippen LogP contribution >= 0.6 is 0 Å². The summed E-state index contributed by atoms with van der Waals surface area (Å²) < 4.78 is 33.8. The average molecular weight is 258 g/mol. The van der Waals surface area contributed by atoms with Crippen LogP contribution in [0.4, 0.5) is 8.78 Å². The summed E-state index contributed by atoms with van der Waals surface area (Å²) in [4.78, 5) is 10.7. The zero-order chi connectivity index (χ0) is 13.7. The summed E-state index contributed by atoms with van der Waals surface area (Å²) in [7, 11) is 1.31. The summed E-state index contributed by atoms with van der Waals surface area (Å²) in [6.45, 7) is -1.66. The molecule has 98 valence electrons. The Hall–Kier alpha value is -2.11. The molecule has 1 aromatic carbocycles. The van der Waals surface area contributed by atoms with Crippen molar-refractivity contribution in [3.8, 4) is 11.5 Å². The van der Waals surface area contributed by atoms with Crippen LogP contribution in [-0.4, -0.2) is 24.8 Å². The molecule has 0 aliphatic rings. The number of halogens is 2. The molecule has 0 saturated carbocycles. The molecule has 0 heterocycles. The Kier molecular flexibility index (Phi) is 4.65. The van der Waals surface area contributed by atoms with Gasteiger partial charge in [-0.3, -0.25) is 0 Å². The van der Waals surface area contributed by atoms with Crippen LogP contribution in [0.15, 0.2) is 23.8 Å². The molecule has 0 bridgehead atoms.